The van der Waals surface area contributed by atoms with E-state index in [1.807, 2.05) is 42.5 Å². The number of benzene rings is 2. The lowest BCUT2D eigenvalue weighted by Gasteiger charge is -2.18. The van der Waals surface area contributed by atoms with Gasteiger partial charge in [-0.1, -0.05) is 23.5 Å². The summed E-state index contributed by atoms with van der Waals surface area (Å²) in [6, 6.07) is 13.8. The van der Waals surface area contributed by atoms with Crippen molar-refractivity contribution in [3.8, 4) is 22.9 Å². The van der Waals surface area contributed by atoms with Gasteiger partial charge in [0.15, 0.2) is 5.13 Å². The van der Waals surface area contributed by atoms with Gasteiger partial charge in [-0.15, -0.1) is 0 Å². The van der Waals surface area contributed by atoms with Gasteiger partial charge in [0, 0.05) is 23.6 Å². The molecule has 2 aromatic heterocycles. The van der Waals surface area contributed by atoms with Crippen molar-refractivity contribution >= 4 is 38.3 Å². The van der Waals surface area contributed by atoms with Gasteiger partial charge in [0.25, 0.3) is 0 Å². The highest BCUT2D eigenvalue weighted by Gasteiger charge is 2.28. The second-order valence-electron chi connectivity index (χ2n) is 7.79. The zero-order valence-corrected chi connectivity index (χ0v) is 18.6. The summed E-state index contributed by atoms with van der Waals surface area (Å²) in [5.74, 6) is -0.130. The monoisotopic (exact) mass is 450 g/mol. The molecule has 0 fully saturated rings. The fourth-order valence-corrected chi connectivity index (χ4v) is 3.72. The maximum atomic E-state index is 11.2. The van der Waals surface area contributed by atoms with Crippen molar-refractivity contribution in [2.45, 2.75) is 13.8 Å². The number of hydrogen-bond acceptors (Lipinski definition) is 8. The van der Waals surface area contributed by atoms with Crippen molar-refractivity contribution in [3.05, 3.63) is 54.9 Å². The summed E-state index contributed by atoms with van der Waals surface area (Å²) < 4.78 is 11.7. The van der Waals surface area contributed by atoms with E-state index >= 15 is 0 Å². The molecule has 32 heavy (non-hydrogen) atoms. The summed E-state index contributed by atoms with van der Waals surface area (Å²) >= 11 is 1.56. The Hall–Kier alpha value is -3.72. The number of carbonyl (C=O) groups is 1. The van der Waals surface area contributed by atoms with E-state index in [2.05, 4.69) is 20.3 Å². The van der Waals surface area contributed by atoms with Crippen LogP contribution in [0.2, 0.25) is 0 Å². The molecule has 0 unspecified atom stereocenters. The number of aromatic nitrogens is 3. The molecule has 9 heteroatoms. The molecular weight excluding hydrogens is 428 g/mol. The molecule has 4 rings (SSSR count). The molecule has 0 aliphatic rings. The number of thiazole rings is 1. The highest BCUT2D eigenvalue weighted by atomic mass is 32.1. The van der Waals surface area contributed by atoms with E-state index in [-0.39, 0.29) is 12.6 Å². The van der Waals surface area contributed by atoms with Crippen LogP contribution in [-0.2, 0) is 4.79 Å². The first-order chi connectivity index (χ1) is 15.3. The van der Waals surface area contributed by atoms with Gasteiger partial charge < -0.3 is 19.9 Å². The average molecular weight is 451 g/mol. The molecule has 2 heterocycles. The number of rotatable bonds is 8. The van der Waals surface area contributed by atoms with E-state index < -0.39 is 11.4 Å². The van der Waals surface area contributed by atoms with Crippen molar-refractivity contribution in [2.24, 2.45) is 5.41 Å². The maximum Gasteiger partial charge on any atom is 0.316 e. The number of anilines is 2. The van der Waals surface area contributed by atoms with Crippen molar-refractivity contribution in [1.82, 2.24) is 15.0 Å². The Balaban J connectivity index is 1.41. The van der Waals surface area contributed by atoms with Crippen LogP contribution in [0.5, 0.6) is 11.8 Å². The van der Waals surface area contributed by atoms with Gasteiger partial charge in [-0.05, 0) is 49.7 Å². The molecule has 0 saturated carbocycles. The topological polar surface area (TPSA) is 106 Å². The summed E-state index contributed by atoms with van der Waals surface area (Å²) in [7, 11) is 1.65. The quantitative estimate of drug-likeness (QED) is 0.386. The van der Waals surface area contributed by atoms with Crippen LogP contribution < -0.4 is 14.8 Å². The second-order valence-corrected chi connectivity index (χ2v) is 8.82. The lowest BCUT2D eigenvalue weighted by atomic mass is 9.95. The molecule has 0 saturated heterocycles. The van der Waals surface area contributed by atoms with Crippen molar-refractivity contribution in [3.63, 3.8) is 0 Å². The van der Waals surface area contributed by atoms with Crippen LogP contribution in [0.4, 0.5) is 10.8 Å². The van der Waals surface area contributed by atoms with Crippen molar-refractivity contribution in [2.75, 3.05) is 19.0 Å². The van der Waals surface area contributed by atoms with Gasteiger partial charge in [-0.2, -0.15) is 0 Å². The SMILES string of the molecule is COc1ccc2nc(Nc3ccc(-c4cnc(OCC(C)(C)C(=O)O)nc4)cc3)sc2c1. The number of methoxy groups -OCH3 is 1. The van der Waals surface area contributed by atoms with E-state index in [1.165, 1.54) is 0 Å². The molecule has 164 valence electrons. The molecule has 0 spiro atoms. The van der Waals surface area contributed by atoms with Crippen molar-refractivity contribution < 1.29 is 19.4 Å². The summed E-state index contributed by atoms with van der Waals surface area (Å²) in [5, 5.41) is 13.3. The molecule has 0 aliphatic heterocycles. The first-order valence-electron chi connectivity index (χ1n) is 9.84. The van der Waals surface area contributed by atoms with Crippen LogP contribution in [-0.4, -0.2) is 39.7 Å². The third-order valence-corrected chi connectivity index (χ3v) is 5.77. The van der Waals surface area contributed by atoms with E-state index in [4.69, 9.17) is 14.6 Å². The van der Waals surface area contributed by atoms with Crippen molar-refractivity contribution in [1.29, 1.82) is 0 Å². The molecule has 0 amide bonds. The van der Waals surface area contributed by atoms with Crippen LogP contribution >= 0.6 is 11.3 Å². The highest BCUT2D eigenvalue weighted by Crippen LogP contribution is 2.31. The Labute approximate surface area is 188 Å². The molecular formula is C23H22N4O4S. The largest absolute Gasteiger partial charge is 0.497 e. The van der Waals surface area contributed by atoms with Gasteiger partial charge in [0.2, 0.25) is 0 Å². The van der Waals surface area contributed by atoms with Crippen LogP contribution in [0.1, 0.15) is 13.8 Å². The third kappa shape index (κ3) is 4.78. The minimum Gasteiger partial charge on any atom is -0.497 e. The fourth-order valence-electron chi connectivity index (χ4n) is 2.80. The molecule has 2 aromatic carbocycles. The number of aliphatic carboxylic acids is 1. The average Bonchev–Trinajstić information content (AvgIpc) is 3.20. The molecule has 8 nitrogen and oxygen atoms in total. The Morgan fingerprint density at radius 3 is 2.47 bits per heavy atom. The van der Waals surface area contributed by atoms with Gasteiger partial charge >= 0.3 is 12.0 Å². The molecule has 0 radical (unpaired) electrons. The summed E-state index contributed by atoms with van der Waals surface area (Å²) in [6.07, 6.45) is 3.30. The lowest BCUT2D eigenvalue weighted by molar-refractivity contribution is -0.148. The predicted molar refractivity (Wildman–Crippen MR) is 124 cm³/mol. The Morgan fingerprint density at radius 2 is 1.81 bits per heavy atom. The summed E-state index contributed by atoms with van der Waals surface area (Å²) in [4.78, 5) is 24.1. The first kappa shape index (κ1) is 21.5. The maximum absolute atomic E-state index is 11.2. The number of fused-ring (bicyclic) bond motifs is 1. The molecule has 0 aliphatic carbocycles. The lowest BCUT2D eigenvalue weighted by Crippen LogP contribution is -2.31. The molecule has 4 aromatic rings. The van der Waals surface area contributed by atoms with Gasteiger partial charge in [0.1, 0.15) is 12.4 Å². The molecule has 0 bridgehead atoms. The number of ether oxygens (including phenoxy) is 2. The standard InChI is InChI=1S/C23H22N4O4S/c1-23(2,20(28)29)13-31-21-24-11-15(12-25-21)14-4-6-16(7-5-14)26-22-27-18-9-8-17(30-3)10-19(18)32-22/h4-12H,13H2,1-3H3,(H,26,27)(H,28,29). The number of carboxylic acids is 1. The Bertz CT molecular complexity index is 1240. The van der Waals surface area contributed by atoms with E-state index in [9.17, 15) is 4.79 Å². The molecule has 0 atom stereocenters. The summed E-state index contributed by atoms with van der Waals surface area (Å²) in [5.41, 5.74) is 2.59. The fraction of sp³-hybridized carbons (Fsp3) is 0.217. The minimum absolute atomic E-state index is 0.0133. The second kappa shape index (κ2) is 8.80. The zero-order chi connectivity index (χ0) is 22.7. The van der Waals surface area contributed by atoms with E-state index in [0.29, 0.717) is 0 Å². The molecule has 2 N–H and O–H groups in total. The predicted octanol–water partition coefficient (Wildman–Crippen LogP) is 5.00. The smallest absolute Gasteiger partial charge is 0.316 e. The highest BCUT2D eigenvalue weighted by molar-refractivity contribution is 7.22. The van der Waals surface area contributed by atoms with Crippen LogP contribution in [0.15, 0.2) is 54.9 Å². The summed E-state index contributed by atoms with van der Waals surface area (Å²) in [6.45, 7) is 3.16. The number of carboxylic acid groups (broad SMARTS) is 1. The van der Waals surface area contributed by atoms with Gasteiger partial charge in [-0.3, -0.25) is 4.79 Å². The van der Waals surface area contributed by atoms with Crippen LogP contribution in [0, 0.1) is 5.41 Å². The van der Waals surface area contributed by atoms with Crippen LogP contribution in [0.3, 0.4) is 0 Å². The Kier molecular flexibility index (Phi) is 5.91. The Morgan fingerprint density at radius 1 is 1.09 bits per heavy atom. The van der Waals surface area contributed by atoms with Gasteiger partial charge in [-0.25, -0.2) is 15.0 Å². The normalized spacial score (nSPS) is 11.3. The van der Waals surface area contributed by atoms with Crippen LogP contribution in [0.25, 0.3) is 21.3 Å². The zero-order valence-electron chi connectivity index (χ0n) is 17.8. The number of nitrogens with one attached hydrogen (secondary N) is 1. The number of hydrogen-bond donors (Lipinski definition) is 2. The van der Waals surface area contributed by atoms with E-state index in [1.54, 1.807) is 44.7 Å². The van der Waals surface area contributed by atoms with Gasteiger partial charge in [0.05, 0.1) is 22.7 Å². The first-order valence-corrected chi connectivity index (χ1v) is 10.7. The number of nitrogens with zero attached hydrogens (tertiary/aromatic N) is 3. The minimum atomic E-state index is -1.01. The van der Waals surface area contributed by atoms with E-state index in [0.717, 1.165) is 37.9 Å². The third-order valence-electron chi connectivity index (χ3n) is 4.83.